The summed E-state index contributed by atoms with van der Waals surface area (Å²) in [5.74, 6) is 1.61. The zero-order valence-corrected chi connectivity index (χ0v) is 24.6. The van der Waals surface area contributed by atoms with Gasteiger partial charge in [0.2, 0.25) is 0 Å². The van der Waals surface area contributed by atoms with Gasteiger partial charge >= 0.3 is 5.97 Å². The fourth-order valence-electron chi connectivity index (χ4n) is 3.94. The Morgan fingerprint density at radius 1 is 0.868 bits per heavy atom. The van der Waals surface area contributed by atoms with Crippen molar-refractivity contribution in [1.29, 1.82) is 0 Å². The number of amides is 1. The molecule has 0 unspecified atom stereocenters. The number of esters is 1. The highest BCUT2D eigenvalue weighted by Crippen LogP contribution is 2.25. The third kappa shape index (κ3) is 8.81. The summed E-state index contributed by atoms with van der Waals surface area (Å²) < 4.78 is 16.2. The van der Waals surface area contributed by atoms with Crippen LogP contribution in [-0.4, -0.2) is 49.5 Å². The lowest BCUT2D eigenvalue weighted by Crippen LogP contribution is -2.36. The summed E-state index contributed by atoms with van der Waals surface area (Å²) >= 11 is 0. The van der Waals surface area contributed by atoms with Crippen molar-refractivity contribution in [2.24, 2.45) is 11.8 Å². The van der Waals surface area contributed by atoms with E-state index >= 15 is 0 Å². The summed E-state index contributed by atoms with van der Waals surface area (Å²) in [5.41, 5.74) is 4.63. The number of benzene rings is 2. The first-order valence-corrected chi connectivity index (χ1v) is 12.2. The number of rotatable bonds is 4. The third-order valence-corrected chi connectivity index (χ3v) is 6.47. The van der Waals surface area contributed by atoms with E-state index in [4.69, 9.17) is 19.4 Å². The Kier molecular flexibility index (Phi) is 14.0. The highest BCUT2D eigenvalue weighted by molar-refractivity contribution is 7.59. The van der Waals surface area contributed by atoms with Crippen molar-refractivity contribution in [3.05, 3.63) is 58.7 Å². The molecular formula is C27H41N3O6S2. The van der Waals surface area contributed by atoms with Crippen molar-refractivity contribution in [3.8, 4) is 11.5 Å². The smallest absolute Gasteiger partial charge is 0.337 e. The second kappa shape index (κ2) is 15.8. The molecule has 2 aromatic rings. The summed E-state index contributed by atoms with van der Waals surface area (Å²) in [6, 6.07) is 11.2. The van der Waals surface area contributed by atoms with E-state index in [0.717, 1.165) is 30.0 Å². The average Bonchev–Trinajstić information content (AvgIpc) is 3.24. The molecular weight excluding hydrogens is 526 g/mol. The normalized spacial score (nSPS) is 17.8. The van der Waals surface area contributed by atoms with Gasteiger partial charge < -0.3 is 24.8 Å². The SMILES string of the molecule is CC(C)[C@H]1COc2cc(C(=O)NO)ccc2CN1.COC(=O)c1ccc2c(c1)OC[C@H](C(C)C)NC2.S.S. The molecule has 0 aliphatic carbocycles. The molecule has 212 valence electrons. The van der Waals surface area contributed by atoms with Crippen LogP contribution in [0.1, 0.15) is 59.5 Å². The van der Waals surface area contributed by atoms with Crippen LogP contribution < -0.4 is 25.6 Å². The zero-order chi connectivity index (χ0) is 26.2. The van der Waals surface area contributed by atoms with Crippen molar-refractivity contribution in [2.75, 3.05) is 20.3 Å². The molecule has 0 saturated carbocycles. The molecule has 0 aromatic heterocycles. The molecule has 1 amide bonds. The van der Waals surface area contributed by atoms with Crippen LogP contribution in [0.4, 0.5) is 0 Å². The Bertz CT molecular complexity index is 984. The van der Waals surface area contributed by atoms with Gasteiger partial charge in [0, 0.05) is 41.9 Å². The van der Waals surface area contributed by atoms with Gasteiger partial charge in [-0.3, -0.25) is 10.0 Å². The second-order valence-electron chi connectivity index (χ2n) is 9.66. The van der Waals surface area contributed by atoms with Gasteiger partial charge in [-0.2, -0.15) is 27.0 Å². The van der Waals surface area contributed by atoms with E-state index in [9.17, 15) is 9.59 Å². The Morgan fingerprint density at radius 3 is 1.74 bits per heavy atom. The Labute approximate surface area is 238 Å². The van der Waals surface area contributed by atoms with Crippen LogP contribution in [0.3, 0.4) is 0 Å². The number of carbonyl (C=O) groups is 2. The number of nitrogens with one attached hydrogen (secondary N) is 3. The first-order chi connectivity index (χ1) is 17.2. The first-order valence-electron chi connectivity index (χ1n) is 12.2. The predicted octanol–water partition coefficient (Wildman–Crippen LogP) is 3.52. The van der Waals surface area contributed by atoms with Crippen LogP contribution in [0.5, 0.6) is 11.5 Å². The molecule has 4 rings (SSSR count). The van der Waals surface area contributed by atoms with Crippen molar-refractivity contribution in [2.45, 2.75) is 52.9 Å². The van der Waals surface area contributed by atoms with E-state index in [1.807, 2.05) is 12.1 Å². The van der Waals surface area contributed by atoms with Gasteiger partial charge in [0.05, 0.1) is 12.7 Å². The van der Waals surface area contributed by atoms with E-state index < -0.39 is 5.91 Å². The van der Waals surface area contributed by atoms with Crippen LogP contribution in [0, 0.1) is 11.8 Å². The maximum Gasteiger partial charge on any atom is 0.337 e. The van der Waals surface area contributed by atoms with Crippen LogP contribution in [-0.2, 0) is 17.8 Å². The fraction of sp³-hybridized carbons (Fsp3) is 0.481. The van der Waals surface area contributed by atoms with Crippen molar-refractivity contribution >= 4 is 38.9 Å². The number of fused-ring (bicyclic) bond motifs is 2. The standard InChI is InChI=1S/C14H19NO3.C13H18N2O3.2H2S/c1-9(2)12-8-18-13-6-10(14(16)17-3)4-5-11(13)7-15-12;1-8(2)11-7-18-12-5-9(13(16)15-17)3-4-10(12)6-14-11;;/h4-6,9,12,15H,7-8H2,1-3H3;3-5,8,11,14,17H,6-7H2,1-2H3,(H,15,16);2*1H2/t12-;11-;;/m11../s1. The summed E-state index contributed by atoms with van der Waals surface area (Å²) in [6.45, 7) is 11.3. The van der Waals surface area contributed by atoms with Gasteiger partial charge in [-0.15, -0.1) is 0 Å². The molecule has 0 radical (unpaired) electrons. The number of ether oxygens (including phenoxy) is 3. The lowest BCUT2D eigenvalue weighted by atomic mass is 10.1. The number of carbonyl (C=O) groups excluding carboxylic acids is 2. The minimum Gasteiger partial charge on any atom is -0.492 e. The van der Waals surface area contributed by atoms with Gasteiger partial charge in [0.1, 0.15) is 24.7 Å². The van der Waals surface area contributed by atoms with E-state index in [1.54, 1.807) is 29.7 Å². The molecule has 11 heteroatoms. The highest BCUT2D eigenvalue weighted by atomic mass is 32.1. The van der Waals surface area contributed by atoms with Crippen molar-refractivity contribution in [1.82, 2.24) is 16.1 Å². The van der Waals surface area contributed by atoms with Crippen LogP contribution in [0.25, 0.3) is 0 Å². The molecule has 2 heterocycles. The molecule has 9 nitrogen and oxygen atoms in total. The number of hydroxylamine groups is 1. The van der Waals surface area contributed by atoms with E-state index in [0.29, 0.717) is 54.0 Å². The fourth-order valence-corrected chi connectivity index (χ4v) is 3.94. The second-order valence-corrected chi connectivity index (χ2v) is 9.66. The topological polar surface area (TPSA) is 118 Å². The van der Waals surface area contributed by atoms with Gasteiger partial charge in [0.25, 0.3) is 5.91 Å². The first kappa shape index (κ1) is 33.6. The molecule has 4 N–H and O–H groups in total. The average molecular weight is 568 g/mol. The Morgan fingerprint density at radius 2 is 1.32 bits per heavy atom. The molecule has 38 heavy (non-hydrogen) atoms. The molecule has 0 fully saturated rings. The molecule has 2 atom stereocenters. The monoisotopic (exact) mass is 567 g/mol. The molecule has 0 spiro atoms. The van der Waals surface area contributed by atoms with E-state index in [1.165, 1.54) is 7.11 Å². The third-order valence-electron chi connectivity index (χ3n) is 6.47. The maximum absolute atomic E-state index is 11.5. The quantitative estimate of drug-likeness (QED) is 0.252. The molecule has 2 aliphatic rings. The molecule has 2 aromatic carbocycles. The van der Waals surface area contributed by atoms with E-state index in [2.05, 4.69) is 38.3 Å². The summed E-state index contributed by atoms with van der Waals surface area (Å²) in [5, 5.41) is 15.5. The van der Waals surface area contributed by atoms with Gasteiger partial charge in [0.15, 0.2) is 0 Å². The Hall–Kier alpha value is -2.44. The van der Waals surface area contributed by atoms with Gasteiger partial charge in [-0.25, -0.2) is 10.3 Å². The van der Waals surface area contributed by atoms with Crippen LogP contribution >= 0.6 is 27.0 Å². The number of hydrogen-bond acceptors (Lipinski definition) is 8. The summed E-state index contributed by atoms with van der Waals surface area (Å²) in [7, 11) is 1.38. The zero-order valence-electron chi connectivity index (χ0n) is 22.6. The molecule has 0 saturated heterocycles. The summed E-state index contributed by atoms with van der Waals surface area (Å²) in [6.07, 6.45) is 0. The molecule has 0 bridgehead atoms. The lowest BCUT2D eigenvalue weighted by Gasteiger charge is -2.18. The number of methoxy groups -OCH3 is 1. The number of hydrogen-bond donors (Lipinski definition) is 4. The maximum atomic E-state index is 11.5. The van der Waals surface area contributed by atoms with Crippen LogP contribution in [0.2, 0.25) is 0 Å². The Balaban J connectivity index is 0.000000361. The van der Waals surface area contributed by atoms with E-state index in [-0.39, 0.29) is 33.0 Å². The van der Waals surface area contributed by atoms with Gasteiger partial charge in [-0.05, 0) is 36.1 Å². The minimum atomic E-state index is -0.529. The van der Waals surface area contributed by atoms with Gasteiger partial charge in [-0.1, -0.05) is 39.8 Å². The summed E-state index contributed by atoms with van der Waals surface area (Å²) in [4.78, 5) is 22.8. The van der Waals surface area contributed by atoms with Crippen molar-refractivity contribution < 1.29 is 29.0 Å². The largest absolute Gasteiger partial charge is 0.492 e. The predicted molar refractivity (Wildman–Crippen MR) is 156 cm³/mol. The lowest BCUT2D eigenvalue weighted by molar-refractivity contribution is 0.0600. The molecule has 2 aliphatic heterocycles. The van der Waals surface area contributed by atoms with Crippen LogP contribution in [0.15, 0.2) is 36.4 Å². The minimum absolute atomic E-state index is 0. The highest BCUT2D eigenvalue weighted by Gasteiger charge is 2.21. The van der Waals surface area contributed by atoms with Crippen molar-refractivity contribution in [3.63, 3.8) is 0 Å².